The van der Waals surface area contributed by atoms with Crippen LogP contribution >= 0.6 is 0 Å². The molecule has 116 valence electrons. The van der Waals surface area contributed by atoms with Crippen LogP contribution in [0, 0.1) is 0 Å². The van der Waals surface area contributed by atoms with Crippen molar-refractivity contribution in [2.75, 3.05) is 7.11 Å². The molecule has 1 aromatic carbocycles. The van der Waals surface area contributed by atoms with E-state index in [9.17, 15) is 19.2 Å². The molecule has 0 fully saturated rings. The third-order valence-electron chi connectivity index (χ3n) is 2.92. The van der Waals surface area contributed by atoms with E-state index in [1.54, 1.807) is 0 Å². The largest absolute Gasteiger partial charge is 0.513 e. The van der Waals surface area contributed by atoms with E-state index in [0.29, 0.717) is 4.57 Å². The van der Waals surface area contributed by atoms with E-state index in [4.69, 9.17) is 14.3 Å². The Morgan fingerprint density at radius 3 is 2.59 bits per heavy atom. The summed E-state index contributed by atoms with van der Waals surface area (Å²) in [5.74, 6) is -2.72. The van der Waals surface area contributed by atoms with Gasteiger partial charge in [-0.3, -0.25) is 4.79 Å². The zero-order valence-electron chi connectivity index (χ0n) is 11.6. The Bertz CT molecular complexity index is 862. The molecule has 2 aromatic rings. The summed E-state index contributed by atoms with van der Waals surface area (Å²) in [6, 6.07) is 2.60. The van der Waals surface area contributed by atoms with Crippen molar-refractivity contribution in [2.45, 2.75) is 13.0 Å². The van der Waals surface area contributed by atoms with Gasteiger partial charge in [0.05, 0.1) is 12.5 Å². The van der Waals surface area contributed by atoms with Crippen molar-refractivity contribution in [1.82, 2.24) is 4.57 Å². The number of aromatic nitrogens is 1. The molecule has 1 N–H and O–H groups in total. The highest BCUT2D eigenvalue weighted by Crippen LogP contribution is 2.22. The van der Waals surface area contributed by atoms with Crippen molar-refractivity contribution in [3.8, 4) is 5.75 Å². The monoisotopic (exact) mass is 309 g/mol. The number of fused-ring (bicyclic) bond motifs is 1. The molecule has 22 heavy (non-hydrogen) atoms. The van der Waals surface area contributed by atoms with Crippen molar-refractivity contribution in [3.05, 3.63) is 39.1 Å². The number of para-hydroxylation sites is 1. The van der Waals surface area contributed by atoms with Crippen LogP contribution in [0.5, 0.6) is 5.75 Å². The van der Waals surface area contributed by atoms with Gasteiger partial charge in [-0.25, -0.2) is 19.0 Å². The predicted octanol–water partition coefficient (Wildman–Crippen LogP) is 0.745. The van der Waals surface area contributed by atoms with Crippen LogP contribution in [0.2, 0.25) is 0 Å². The van der Waals surface area contributed by atoms with E-state index in [1.807, 2.05) is 0 Å². The Balaban J connectivity index is 2.74. The van der Waals surface area contributed by atoms with Crippen LogP contribution in [0.4, 0.5) is 4.79 Å². The van der Waals surface area contributed by atoms with Gasteiger partial charge in [0.2, 0.25) is 0 Å². The van der Waals surface area contributed by atoms with E-state index in [2.05, 4.69) is 4.74 Å². The average molecular weight is 309 g/mol. The first-order valence-electron chi connectivity index (χ1n) is 6.03. The van der Waals surface area contributed by atoms with Crippen molar-refractivity contribution in [3.63, 3.8) is 0 Å². The zero-order chi connectivity index (χ0) is 16.4. The molecule has 1 aromatic heterocycles. The lowest BCUT2D eigenvalue weighted by atomic mass is 10.2. The first-order chi connectivity index (χ1) is 10.4. The third kappa shape index (κ3) is 2.55. The molecule has 0 saturated carbocycles. The van der Waals surface area contributed by atoms with Gasteiger partial charge >= 0.3 is 17.9 Å². The van der Waals surface area contributed by atoms with Crippen LogP contribution < -0.4 is 16.1 Å². The molecule has 0 aliphatic carbocycles. The van der Waals surface area contributed by atoms with Gasteiger partial charge in [-0.05, 0) is 19.1 Å². The van der Waals surface area contributed by atoms with E-state index in [-0.39, 0.29) is 16.7 Å². The second-order valence-electron chi connectivity index (χ2n) is 4.25. The Morgan fingerprint density at radius 2 is 2.00 bits per heavy atom. The molecule has 2 rings (SSSR count). The van der Waals surface area contributed by atoms with Crippen LogP contribution in [0.25, 0.3) is 11.0 Å². The van der Waals surface area contributed by atoms with Crippen molar-refractivity contribution < 1.29 is 28.6 Å². The molecule has 0 aliphatic heterocycles. The maximum absolute atomic E-state index is 12.3. The van der Waals surface area contributed by atoms with Crippen molar-refractivity contribution >= 4 is 23.1 Å². The number of rotatable bonds is 3. The number of carboxylic acids is 1. The third-order valence-corrected chi connectivity index (χ3v) is 2.92. The van der Waals surface area contributed by atoms with E-state index >= 15 is 0 Å². The molecule has 0 bridgehead atoms. The highest BCUT2D eigenvalue weighted by Gasteiger charge is 2.22. The number of carbonyl (C=O) groups excluding carboxylic acids is 1. The average Bonchev–Trinajstić information content (AvgIpc) is 2.47. The highest BCUT2D eigenvalue weighted by atomic mass is 16.7. The highest BCUT2D eigenvalue weighted by molar-refractivity contribution is 5.84. The Morgan fingerprint density at radius 1 is 1.32 bits per heavy atom. The van der Waals surface area contributed by atoms with Crippen LogP contribution in [0.1, 0.15) is 13.0 Å². The summed E-state index contributed by atoms with van der Waals surface area (Å²) in [7, 11) is 1.09. The SMILES string of the molecule is COC(=O)Oc1cccc2c(=O)n(C(C)C(=O)O)c(=O)oc12. The number of aliphatic carboxylic acids is 1. The number of carboxylic acid groups (broad SMARTS) is 1. The summed E-state index contributed by atoms with van der Waals surface area (Å²) in [5.41, 5.74) is -1.13. The van der Waals surface area contributed by atoms with Gasteiger partial charge in [0.25, 0.3) is 5.56 Å². The molecular weight excluding hydrogens is 298 g/mol. The molecule has 1 heterocycles. The summed E-state index contributed by atoms with van der Waals surface area (Å²) in [5, 5.41) is 8.83. The second-order valence-corrected chi connectivity index (χ2v) is 4.25. The smallest absolute Gasteiger partial charge is 0.480 e. The molecule has 0 spiro atoms. The van der Waals surface area contributed by atoms with Crippen LogP contribution in [0.15, 0.2) is 32.2 Å². The van der Waals surface area contributed by atoms with Crippen LogP contribution in [-0.2, 0) is 9.53 Å². The summed E-state index contributed by atoms with van der Waals surface area (Å²) in [4.78, 5) is 46.2. The topological polar surface area (TPSA) is 125 Å². The Labute approximate surface area is 122 Å². The minimum Gasteiger partial charge on any atom is -0.480 e. The summed E-state index contributed by atoms with van der Waals surface area (Å²) >= 11 is 0. The number of nitrogens with zero attached hydrogens (tertiary/aromatic N) is 1. The van der Waals surface area contributed by atoms with Crippen molar-refractivity contribution in [1.29, 1.82) is 0 Å². The van der Waals surface area contributed by atoms with E-state index < -0.39 is 29.5 Å². The predicted molar refractivity (Wildman–Crippen MR) is 72.1 cm³/mol. The lowest BCUT2D eigenvalue weighted by Gasteiger charge is -2.10. The van der Waals surface area contributed by atoms with Crippen molar-refractivity contribution in [2.24, 2.45) is 0 Å². The number of ether oxygens (including phenoxy) is 2. The molecule has 0 amide bonds. The molecule has 9 heteroatoms. The Hall–Kier alpha value is -3.10. The molecule has 9 nitrogen and oxygen atoms in total. The molecular formula is C13H11NO8. The van der Waals surface area contributed by atoms with Gasteiger partial charge in [0.1, 0.15) is 6.04 Å². The fourth-order valence-corrected chi connectivity index (χ4v) is 1.79. The lowest BCUT2D eigenvalue weighted by Crippen LogP contribution is -2.38. The first kappa shape index (κ1) is 15.3. The zero-order valence-corrected chi connectivity index (χ0v) is 11.6. The van der Waals surface area contributed by atoms with Gasteiger partial charge in [-0.1, -0.05) is 6.07 Å². The minimum absolute atomic E-state index is 0.103. The van der Waals surface area contributed by atoms with Gasteiger partial charge < -0.3 is 19.0 Å². The fraction of sp³-hybridized carbons (Fsp3) is 0.231. The van der Waals surface area contributed by atoms with Crippen LogP contribution in [0.3, 0.4) is 0 Å². The normalized spacial score (nSPS) is 11.9. The lowest BCUT2D eigenvalue weighted by molar-refractivity contribution is -0.140. The number of methoxy groups -OCH3 is 1. The van der Waals surface area contributed by atoms with E-state index in [1.165, 1.54) is 25.1 Å². The number of carbonyl (C=O) groups is 2. The number of hydrogen-bond donors (Lipinski definition) is 1. The summed E-state index contributed by atoms with van der Waals surface area (Å²) < 4.78 is 14.5. The van der Waals surface area contributed by atoms with Gasteiger partial charge in [-0.2, -0.15) is 0 Å². The quantitative estimate of drug-likeness (QED) is 0.650. The van der Waals surface area contributed by atoms with Crippen LogP contribution in [-0.4, -0.2) is 28.9 Å². The molecule has 0 radical (unpaired) electrons. The van der Waals surface area contributed by atoms with Gasteiger partial charge in [0.15, 0.2) is 11.3 Å². The maximum atomic E-state index is 12.3. The minimum atomic E-state index is -1.40. The molecule has 1 atom stereocenters. The van der Waals surface area contributed by atoms with E-state index in [0.717, 1.165) is 7.11 Å². The first-order valence-corrected chi connectivity index (χ1v) is 6.03. The molecule has 1 unspecified atom stereocenters. The number of hydrogen-bond acceptors (Lipinski definition) is 7. The second kappa shape index (κ2) is 5.72. The van der Waals surface area contributed by atoms with Gasteiger partial charge in [-0.15, -0.1) is 0 Å². The maximum Gasteiger partial charge on any atom is 0.513 e. The standard InChI is InChI=1S/C13H11NO8/c1-6(11(16)17)14-10(15)7-4-3-5-8(21-13(19)20-2)9(7)22-12(14)18/h3-6H,1-2H3,(H,16,17). The molecule has 0 saturated heterocycles. The Kier molecular flexibility index (Phi) is 3.97. The summed E-state index contributed by atoms with van der Waals surface area (Å²) in [6.45, 7) is 1.17. The molecule has 0 aliphatic rings. The number of benzene rings is 1. The summed E-state index contributed by atoms with van der Waals surface area (Å²) in [6.07, 6.45) is -1.06. The fourth-order valence-electron chi connectivity index (χ4n) is 1.79. The van der Waals surface area contributed by atoms with Gasteiger partial charge in [0, 0.05) is 0 Å².